The van der Waals surface area contributed by atoms with E-state index in [1.807, 2.05) is 26.0 Å². The molecule has 0 aliphatic heterocycles. The highest BCUT2D eigenvalue weighted by atomic mass is 35.5. The van der Waals surface area contributed by atoms with Crippen molar-refractivity contribution < 1.29 is 4.79 Å². The summed E-state index contributed by atoms with van der Waals surface area (Å²) in [4.78, 5) is 47.8. The Bertz CT molecular complexity index is 1460. The molecule has 1 amide bonds. The second kappa shape index (κ2) is 9.16. The number of benzene rings is 1. The smallest absolute Gasteiger partial charge is 0.309 e. The number of rotatable bonds is 6. The van der Waals surface area contributed by atoms with Gasteiger partial charge in [0.2, 0.25) is 5.91 Å². The van der Waals surface area contributed by atoms with Crippen LogP contribution in [0.15, 0.2) is 39.0 Å². The number of hydrogen-bond acceptors (Lipinski definition) is 7. The van der Waals surface area contributed by atoms with E-state index in [9.17, 15) is 14.4 Å². The van der Waals surface area contributed by atoms with E-state index in [2.05, 4.69) is 15.3 Å². The number of carbonyl (C=O) groups excluding carboxylic acids is 1. The van der Waals surface area contributed by atoms with Crippen LogP contribution in [-0.4, -0.2) is 35.3 Å². The summed E-state index contributed by atoms with van der Waals surface area (Å²) < 4.78 is 4.12. The van der Waals surface area contributed by atoms with Gasteiger partial charge in [-0.05, 0) is 31.5 Å². The molecule has 0 spiro atoms. The lowest BCUT2D eigenvalue weighted by Gasteiger charge is -2.10. The average Bonchev–Trinajstić information content (AvgIpc) is 3.29. The predicted molar refractivity (Wildman–Crippen MR) is 132 cm³/mol. The highest BCUT2D eigenvalue weighted by Gasteiger charge is 2.20. The van der Waals surface area contributed by atoms with Gasteiger partial charge in [0.05, 0.1) is 18.0 Å². The van der Waals surface area contributed by atoms with E-state index in [0.29, 0.717) is 27.4 Å². The summed E-state index contributed by atoms with van der Waals surface area (Å²) in [5.74, 6) is -0.170. The van der Waals surface area contributed by atoms with Crippen molar-refractivity contribution in [2.45, 2.75) is 25.5 Å². The lowest BCUT2D eigenvalue weighted by atomic mass is 10.2. The van der Waals surface area contributed by atoms with Crippen molar-refractivity contribution in [3.63, 3.8) is 0 Å². The quantitative estimate of drug-likeness (QED) is 0.405. The zero-order chi connectivity index (χ0) is 23.9. The second-order valence-corrected chi connectivity index (χ2v) is 10.1. The number of amides is 1. The van der Waals surface area contributed by atoms with Crippen molar-refractivity contribution in [2.24, 2.45) is 14.1 Å². The minimum Gasteiger partial charge on any atom is -0.309 e. The van der Waals surface area contributed by atoms with E-state index in [1.54, 1.807) is 23.7 Å². The van der Waals surface area contributed by atoms with Crippen LogP contribution in [0.2, 0.25) is 5.02 Å². The maximum Gasteiger partial charge on any atom is 0.332 e. The van der Waals surface area contributed by atoms with Gasteiger partial charge in [-0.15, -0.1) is 11.3 Å². The third kappa shape index (κ3) is 4.61. The molecule has 1 aromatic carbocycles. The van der Waals surface area contributed by atoms with Crippen LogP contribution in [0, 0.1) is 13.8 Å². The van der Waals surface area contributed by atoms with Crippen LogP contribution in [0.4, 0.5) is 5.13 Å². The maximum absolute atomic E-state index is 13.0. The third-order valence-electron chi connectivity index (χ3n) is 5.17. The number of nitrogens with one attached hydrogen (secondary N) is 1. The topological polar surface area (TPSA) is 104 Å². The summed E-state index contributed by atoms with van der Waals surface area (Å²) in [5.41, 5.74) is 1.43. The van der Waals surface area contributed by atoms with Crippen LogP contribution in [-0.2, 0) is 25.4 Å². The highest BCUT2D eigenvalue weighted by Crippen LogP contribution is 2.25. The molecule has 0 aliphatic rings. The monoisotopic (exact) mass is 504 g/mol. The number of carbonyl (C=O) groups is 1. The lowest BCUT2D eigenvalue weighted by Crippen LogP contribution is -2.37. The number of aryl methyl sites for hydroxylation is 3. The molecule has 0 radical (unpaired) electrons. The van der Waals surface area contributed by atoms with E-state index in [4.69, 9.17) is 11.6 Å². The molecule has 1 N–H and O–H groups in total. The zero-order valence-corrected chi connectivity index (χ0v) is 20.8. The van der Waals surface area contributed by atoms with Crippen LogP contribution >= 0.6 is 34.7 Å². The summed E-state index contributed by atoms with van der Waals surface area (Å²) >= 11 is 8.61. The molecule has 3 aromatic heterocycles. The van der Waals surface area contributed by atoms with E-state index in [-0.39, 0.29) is 17.3 Å². The van der Waals surface area contributed by atoms with E-state index in [0.717, 1.165) is 20.7 Å². The second-order valence-electron chi connectivity index (χ2n) is 7.48. The number of fused-ring (bicyclic) bond motifs is 1. The summed E-state index contributed by atoms with van der Waals surface area (Å²) in [7, 11) is 3.00. The first-order valence-corrected chi connectivity index (χ1v) is 12.1. The minimum absolute atomic E-state index is 0.0654. The molecule has 12 heteroatoms. The summed E-state index contributed by atoms with van der Waals surface area (Å²) in [5, 5.41) is 4.40. The van der Waals surface area contributed by atoms with Crippen LogP contribution in [0.5, 0.6) is 0 Å². The predicted octanol–water partition coefficient (Wildman–Crippen LogP) is 2.94. The van der Waals surface area contributed by atoms with E-state index in [1.165, 1.54) is 34.7 Å². The fourth-order valence-electron chi connectivity index (χ4n) is 3.27. The average molecular weight is 505 g/mol. The van der Waals surface area contributed by atoms with Gasteiger partial charge in [-0.2, -0.15) is 0 Å². The molecule has 0 atom stereocenters. The first-order valence-electron chi connectivity index (χ1n) is 9.93. The van der Waals surface area contributed by atoms with Gasteiger partial charge in [-0.3, -0.25) is 18.7 Å². The fraction of sp³-hybridized carbons (Fsp3) is 0.286. The number of hydrogen-bond donors (Lipinski definition) is 1. The molecule has 9 nitrogen and oxygen atoms in total. The highest BCUT2D eigenvalue weighted by molar-refractivity contribution is 7.99. The SMILES string of the molecule is Cc1nc(NC(=O)CSc2nc3c(c(=O)n(C)c(=O)n3C)n2Cc2ccc(Cl)cc2)sc1C. The molecule has 0 bridgehead atoms. The Kier molecular flexibility index (Phi) is 6.46. The Morgan fingerprint density at radius 3 is 2.45 bits per heavy atom. The Labute approximate surface area is 202 Å². The van der Waals surface area contributed by atoms with E-state index < -0.39 is 11.2 Å². The summed E-state index contributed by atoms with van der Waals surface area (Å²) in [6, 6.07) is 7.24. The Morgan fingerprint density at radius 1 is 1.12 bits per heavy atom. The Balaban J connectivity index is 1.70. The third-order valence-corrected chi connectivity index (χ3v) is 7.39. The molecular formula is C21H21ClN6O3S2. The van der Waals surface area contributed by atoms with Gasteiger partial charge < -0.3 is 9.88 Å². The van der Waals surface area contributed by atoms with Crippen molar-refractivity contribution in [1.29, 1.82) is 0 Å². The molecule has 0 fully saturated rings. The largest absolute Gasteiger partial charge is 0.332 e. The van der Waals surface area contributed by atoms with Gasteiger partial charge in [0.15, 0.2) is 21.5 Å². The number of thioether (sulfide) groups is 1. The van der Waals surface area contributed by atoms with E-state index >= 15 is 0 Å². The summed E-state index contributed by atoms with van der Waals surface area (Å²) in [6.45, 7) is 4.16. The molecule has 4 rings (SSSR count). The van der Waals surface area contributed by atoms with Crippen molar-refractivity contribution >= 4 is 56.9 Å². The molecule has 4 aromatic rings. The van der Waals surface area contributed by atoms with Gasteiger partial charge >= 0.3 is 5.69 Å². The molecule has 0 unspecified atom stereocenters. The van der Waals surface area contributed by atoms with Gasteiger partial charge in [0.1, 0.15) is 0 Å². The Morgan fingerprint density at radius 2 is 1.82 bits per heavy atom. The molecule has 3 heterocycles. The molecule has 0 saturated carbocycles. The standard InChI is InChI=1S/C21H21ClN6O3S2/c1-11-12(2)33-19(23-11)24-15(29)10-32-20-25-17-16(18(30)27(4)21(31)26(17)3)28(20)9-13-5-7-14(22)8-6-13/h5-8H,9-10H2,1-4H3,(H,23,24,29). The van der Waals surface area contributed by atoms with Crippen LogP contribution in [0.3, 0.4) is 0 Å². The molecular weight excluding hydrogens is 484 g/mol. The van der Waals surface area contributed by atoms with Crippen molar-refractivity contribution in [2.75, 3.05) is 11.1 Å². The maximum atomic E-state index is 13.0. The number of nitrogens with zero attached hydrogens (tertiary/aromatic N) is 5. The minimum atomic E-state index is -0.465. The van der Waals surface area contributed by atoms with Crippen LogP contribution < -0.4 is 16.6 Å². The van der Waals surface area contributed by atoms with Crippen LogP contribution in [0.25, 0.3) is 11.2 Å². The van der Waals surface area contributed by atoms with Gasteiger partial charge in [0, 0.05) is 24.0 Å². The van der Waals surface area contributed by atoms with Crippen molar-refractivity contribution in [3.8, 4) is 0 Å². The van der Waals surface area contributed by atoms with Crippen molar-refractivity contribution in [1.82, 2.24) is 23.7 Å². The normalized spacial score (nSPS) is 11.3. The number of imidazole rings is 1. The Hall–Kier alpha value is -2.89. The zero-order valence-electron chi connectivity index (χ0n) is 18.4. The number of thiazole rings is 1. The van der Waals surface area contributed by atoms with Gasteiger partial charge in [-0.1, -0.05) is 35.5 Å². The first kappa shape index (κ1) is 23.3. The number of aromatic nitrogens is 5. The molecule has 33 heavy (non-hydrogen) atoms. The van der Waals surface area contributed by atoms with Crippen LogP contribution in [0.1, 0.15) is 16.1 Å². The molecule has 0 aliphatic carbocycles. The van der Waals surface area contributed by atoms with Gasteiger partial charge in [-0.25, -0.2) is 14.8 Å². The number of anilines is 1. The molecule has 0 saturated heterocycles. The first-order chi connectivity index (χ1) is 15.7. The lowest BCUT2D eigenvalue weighted by molar-refractivity contribution is -0.113. The van der Waals surface area contributed by atoms with Crippen molar-refractivity contribution in [3.05, 3.63) is 66.3 Å². The fourth-order valence-corrected chi connectivity index (χ4v) is 5.02. The van der Waals surface area contributed by atoms with Gasteiger partial charge in [0.25, 0.3) is 5.56 Å². The molecule has 172 valence electrons. The number of halogens is 1. The summed E-state index contributed by atoms with van der Waals surface area (Å²) in [6.07, 6.45) is 0.